The molecule has 0 radical (unpaired) electrons. The highest BCUT2D eigenvalue weighted by Crippen LogP contribution is 2.28. The number of carbonyl (C=O) groups excluding carboxylic acids is 1. The van der Waals surface area contributed by atoms with Gasteiger partial charge in [-0.1, -0.05) is 0 Å². The van der Waals surface area contributed by atoms with Crippen LogP contribution in [0.2, 0.25) is 0 Å². The van der Waals surface area contributed by atoms with Gasteiger partial charge in [0.05, 0.1) is 11.0 Å². The largest absolute Gasteiger partial charge is 0.399 e. The molecule has 19 heavy (non-hydrogen) atoms. The van der Waals surface area contributed by atoms with E-state index in [0.717, 1.165) is 41.9 Å². The van der Waals surface area contributed by atoms with E-state index in [1.54, 1.807) is 0 Å². The number of nitrogens with two attached hydrogens (primary N) is 1. The van der Waals surface area contributed by atoms with E-state index in [0.29, 0.717) is 6.54 Å². The lowest BCUT2D eigenvalue weighted by atomic mass is 10.3. The van der Waals surface area contributed by atoms with Crippen molar-refractivity contribution in [3.05, 3.63) is 24.0 Å². The molecule has 1 fully saturated rings. The number of anilines is 1. The Bertz CT molecular complexity index is 628. The fourth-order valence-electron chi connectivity index (χ4n) is 2.33. The molecule has 3 N–H and O–H groups in total. The average molecular weight is 258 g/mol. The number of amides is 1. The third kappa shape index (κ3) is 2.41. The third-order valence-electron chi connectivity index (χ3n) is 3.55. The summed E-state index contributed by atoms with van der Waals surface area (Å²) in [5.41, 5.74) is 8.45. The molecular weight excluding hydrogens is 240 g/mol. The number of nitrogen functional groups attached to an aromatic ring is 1. The number of hydrogen-bond acceptors (Lipinski definition) is 3. The number of rotatable bonds is 4. The molecule has 5 nitrogen and oxygen atoms in total. The van der Waals surface area contributed by atoms with Crippen LogP contribution in [0.15, 0.2) is 18.2 Å². The maximum Gasteiger partial charge on any atom is 0.223 e. The minimum Gasteiger partial charge on any atom is -0.399 e. The van der Waals surface area contributed by atoms with E-state index in [1.165, 1.54) is 0 Å². The van der Waals surface area contributed by atoms with Crippen LogP contribution >= 0.6 is 0 Å². The van der Waals surface area contributed by atoms with Crippen molar-refractivity contribution in [2.24, 2.45) is 5.92 Å². The van der Waals surface area contributed by atoms with Gasteiger partial charge in [0.1, 0.15) is 5.82 Å². The highest BCUT2D eigenvalue weighted by molar-refractivity contribution is 5.81. The van der Waals surface area contributed by atoms with Gasteiger partial charge < -0.3 is 15.6 Å². The van der Waals surface area contributed by atoms with Crippen LogP contribution in [0.4, 0.5) is 5.69 Å². The average Bonchev–Trinajstić information content (AvgIpc) is 3.16. The lowest BCUT2D eigenvalue weighted by molar-refractivity contribution is -0.122. The zero-order valence-corrected chi connectivity index (χ0v) is 11.0. The maximum atomic E-state index is 11.6. The molecule has 2 aromatic rings. The summed E-state index contributed by atoms with van der Waals surface area (Å²) in [7, 11) is 0. The summed E-state index contributed by atoms with van der Waals surface area (Å²) in [5, 5.41) is 2.97. The number of benzene rings is 1. The summed E-state index contributed by atoms with van der Waals surface area (Å²) in [5.74, 6) is 1.40. The van der Waals surface area contributed by atoms with Crippen LogP contribution in [0.1, 0.15) is 18.7 Å². The minimum absolute atomic E-state index is 0.186. The van der Waals surface area contributed by atoms with Gasteiger partial charge in [-0.3, -0.25) is 4.79 Å². The third-order valence-corrected chi connectivity index (χ3v) is 3.55. The van der Waals surface area contributed by atoms with Gasteiger partial charge in [0.15, 0.2) is 0 Å². The van der Waals surface area contributed by atoms with E-state index in [9.17, 15) is 4.79 Å². The van der Waals surface area contributed by atoms with Gasteiger partial charge in [-0.05, 0) is 38.0 Å². The topological polar surface area (TPSA) is 72.9 Å². The van der Waals surface area contributed by atoms with E-state index >= 15 is 0 Å². The Hall–Kier alpha value is -2.04. The van der Waals surface area contributed by atoms with Crippen molar-refractivity contribution < 1.29 is 4.79 Å². The van der Waals surface area contributed by atoms with Crippen LogP contribution in [-0.4, -0.2) is 22.0 Å². The summed E-state index contributed by atoms with van der Waals surface area (Å²) in [6.07, 6.45) is 2.08. The predicted octanol–water partition coefficient (Wildman–Crippen LogP) is 1.45. The number of fused-ring (bicyclic) bond motifs is 1. The first kappa shape index (κ1) is 12.0. The van der Waals surface area contributed by atoms with Gasteiger partial charge in [0.25, 0.3) is 0 Å². The second kappa shape index (κ2) is 4.57. The molecule has 0 unspecified atom stereocenters. The molecule has 1 amide bonds. The molecule has 5 heteroatoms. The van der Waals surface area contributed by atoms with E-state index in [2.05, 4.69) is 14.9 Å². The zero-order valence-electron chi connectivity index (χ0n) is 11.0. The Labute approximate surface area is 111 Å². The van der Waals surface area contributed by atoms with Gasteiger partial charge >= 0.3 is 0 Å². The van der Waals surface area contributed by atoms with Crippen LogP contribution in [0.5, 0.6) is 0 Å². The number of carbonyl (C=O) groups is 1. The van der Waals surface area contributed by atoms with Crippen LogP contribution in [-0.2, 0) is 11.3 Å². The smallest absolute Gasteiger partial charge is 0.223 e. The van der Waals surface area contributed by atoms with Crippen LogP contribution in [0, 0.1) is 12.8 Å². The molecule has 0 aliphatic heterocycles. The number of hydrogen-bond donors (Lipinski definition) is 2. The molecule has 1 heterocycles. The molecular formula is C14H18N4O. The summed E-state index contributed by atoms with van der Waals surface area (Å²) < 4.78 is 2.11. The van der Waals surface area contributed by atoms with Gasteiger partial charge in [0, 0.05) is 24.7 Å². The van der Waals surface area contributed by atoms with Gasteiger partial charge in [0.2, 0.25) is 5.91 Å². The Morgan fingerprint density at radius 2 is 2.32 bits per heavy atom. The lowest BCUT2D eigenvalue weighted by Gasteiger charge is -2.08. The van der Waals surface area contributed by atoms with E-state index in [1.807, 2.05) is 25.1 Å². The first-order valence-electron chi connectivity index (χ1n) is 6.65. The second-order valence-electron chi connectivity index (χ2n) is 5.12. The van der Waals surface area contributed by atoms with Crippen LogP contribution < -0.4 is 11.1 Å². The molecule has 1 aromatic heterocycles. The Kier molecular flexibility index (Phi) is 2.89. The molecule has 1 aliphatic carbocycles. The summed E-state index contributed by atoms with van der Waals surface area (Å²) >= 11 is 0. The fourth-order valence-corrected chi connectivity index (χ4v) is 2.33. The van der Waals surface area contributed by atoms with Gasteiger partial charge in [-0.25, -0.2) is 4.98 Å². The Morgan fingerprint density at radius 1 is 1.53 bits per heavy atom. The number of aryl methyl sites for hydroxylation is 1. The predicted molar refractivity (Wildman–Crippen MR) is 74.6 cm³/mol. The van der Waals surface area contributed by atoms with Crippen molar-refractivity contribution in [1.82, 2.24) is 14.9 Å². The van der Waals surface area contributed by atoms with Crippen molar-refractivity contribution in [2.75, 3.05) is 12.3 Å². The number of imidazole rings is 1. The Morgan fingerprint density at radius 3 is 3.05 bits per heavy atom. The SMILES string of the molecule is Cc1nc2cc(N)ccc2n1CCNC(=O)C1CC1. The Balaban J connectivity index is 1.72. The van der Waals surface area contributed by atoms with Gasteiger partial charge in [-0.2, -0.15) is 0 Å². The monoisotopic (exact) mass is 258 g/mol. The van der Waals surface area contributed by atoms with Crippen LogP contribution in [0.25, 0.3) is 11.0 Å². The number of nitrogens with zero attached hydrogens (tertiary/aromatic N) is 2. The van der Waals surface area contributed by atoms with E-state index < -0.39 is 0 Å². The molecule has 0 bridgehead atoms. The first-order chi connectivity index (χ1) is 9.15. The molecule has 100 valence electrons. The van der Waals surface area contributed by atoms with Crippen molar-refractivity contribution in [1.29, 1.82) is 0 Å². The lowest BCUT2D eigenvalue weighted by Crippen LogP contribution is -2.28. The summed E-state index contributed by atoms with van der Waals surface area (Å²) in [6.45, 7) is 3.36. The highest BCUT2D eigenvalue weighted by Gasteiger charge is 2.29. The standard InChI is InChI=1S/C14H18N4O/c1-9-17-12-8-11(15)4-5-13(12)18(9)7-6-16-14(19)10-2-3-10/h4-5,8,10H,2-3,6-7,15H2,1H3,(H,16,19). The summed E-state index contributed by atoms with van der Waals surface area (Å²) in [6, 6.07) is 5.73. The zero-order chi connectivity index (χ0) is 13.4. The molecule has 1 aliphatic rings. The second-order valence-corrected chi connectivity index (χ2v) is 5.12. The minimum atomic E-state index is 0.186. The van der Waals surface area contributed by atoms with Crippen LogP contribution in [0.3, 0.4) is 0 Å². The van der Waals surface area contributed by atoms with Crippen molar-refractivity contribution in [3.8, 4) is 0 Å². The molecule has 1 aromatic carbocycles. The summed E-state index contributed by atoms with van der Waals surface area (Å²) in [4.78, 5) is 16.1. The number of nitrogens with one attached hydrogen (secondary N) is 1. The first-order valence-corrected chi connectivity index (χ1v) is 6.65. The van der Waals surface area contributed by atoms with E-state index in [-0.39, 0.29) is 11.8 Å². The molecule has 0 saturated heterocycles. The number of aromatic nitrogens is 2. The maximum absolute atomic E-state index is 11.6. The highest BCUT2D eigenvalue weighted by atomic mass is 16.2. The van der Waals surface area contributed by atoms with E-state index in [4.69, 9.17) is 5.73 Å². The molecule has 0 spiro atoms. The quantitative estimate of drug-likeness (QED) is 0.815. The molecule has 3 rings (SSSR count). The van der Waals surface area contributed by atoms with Crippen molar-refractivity contribution in [2.45, 2.75) is 26.3 Å². The van der Waals surface area contributed by atoms with Crippen molar-refractivity contribution >= 4 is 22.6 Å². The van der Waals surface area contributed by atoms with Crippen molar-refractivity contribution in [3.63, 3.8) is 0 Å². The normalized spacial score (nSPS) is 14.8. The van der Waals surface area contributed by atoms with Gasteiger partial charge in [-0.15, -0.1) is 0 Å². The fraction of sp³-hybridized carbons (Fsp3) is 0.429. The molecule has 1 saturated carbocycles. The molecule has 0 atom stereocenters.